The van der Waals surface area contributed by atoms with E-state index in [9.17, 15) is 15.3 Å². The summed E-state index contributed by atoms with van der Waals surface area (Å²) in [5.41, 5.74) is 0.280. The van der Waals surface area contributed by atoms with Crippen molar-refractivity contribution in [2.45, 2.75) is 38.1 Å². The Morgan fingerprint density at radius 1 is 1.35 bits per heavy atom. The second-order valence-corrected chi connectivity index (χ2v) is 4.34. The molecule has 0 bridgehead atoms. The van der Waals surface area contributed by atoms with Gasteiger partial charge in [0.1, 0.15) is 0 Å². The van der Waals surface area contributed by atoms with Gasteiger partial charge in [-0.3, -0.25) is 10.1 Å². The molecule has 92 valence electrons. The first kappa shape index (κ1) is 11.6. The average Bonchev–Trinajstić information content (AvgIpc) is 2.30. The fourth-order valence-corrected chi connectivity index (χ4v) is 2.21. The summed E-state index contributed by atoms with van der Waals surface area (Å²) in [6, 6.07) is 1.47. The molecule has 1 aromatic heterocycles. The van der Waals surface area contributed by atoms with Crippen LogP contribution in [0.2, 0.25) is 0 Å². The molecular weight excluding hydrogens is 222 g/mol. The van der Waals surface area contributed by atoms with E-state index in [1.165, 1.54) is 18.7 Å². The van der Waals surface area contributed by atoms with E-state index in [0.717, 1.165) is 31.9 Å². The van der Waals surface area contributed by atoms with Gasteiger partial charge in [0.05, 0.1) is 11.0 Å². The van der Waals surface area contributed by atoms with E-state index >= 15 is 0 Å². The minimum Gasteiger partial charge on any atom is -0.619 e. The Kier molecular flexibility index (Phi) is 3.41. The third kappa shape index (κ3) is 2.83. The number of anilines is 1. The number of aromatic nitrogens is 1. The third-order valence-corrected chi connectivity index (χ3v) is 3.07. The predicted octanol–water partition coefficient (Wildman–Crippen LogP) is 1.97. The van der Waals surface area contributed by atoms with Crippen molar-refractivity contribution in [2.75, 3.05) is 5.32 Å². The summed E-state index contributed by atoms with van der Waals surface area (Å²) in [6.07, 6.45) is 7.87. The molecule has 0 unspecified atom stereocenters. The van der Waals surface area contributed by atoms with Crippen molar-refractivity contribution >= 4 is 11.4 Å². The van der Waals surface area contributed by atoms with Crippen molar-refractivity contribution in [3.63, 3.8) is 0 Å². The SMILES string of the molecule is O=[N+]([O-])c1cc[n+]([O-])cc1NC1CCCCC1. The highest BCUT2D eigenvalue weighted by atomic mass is 16.6. The molecule has 0 amide bonds. The average molecular weight is 237 g/mol. The maximum Gasteiger partial charge on any atom is 0.304 e. The Balaban J connectivity index is 2.17. The summed E-state index contributed by atoms with van der Waals surface area (Å²) >= 11 is 0. The van der Waals surface area contributed by atoms with Crippen LogP contribution in [0.15, 0.2) is 18.5 Å². The van der Waals surface area contributed by atoms with Crippen molar-refractivity contribution in [3.8, 4) is 0 Å². The van der Waals surface area contributed by atoms with Crippen molar-refractivity contribution in [1.82, 2.24) is 0 Å². The van der Waals surface area contributed by atoms with Gasteiger partial charge < -0.3 is 10.5 Å². The van der Waals surface area contributed by atoms with Gasteiger partial charge in [-0.2, -0.15) is 4.73 Å². The Bertz CT molecular complexity index is 416. The summed E-state index contributed by atoms with van der Waals surface area (Å²) in [7, 11) is 0. The molecule has 0 aliphatic heterocycles. The van der Waals surface area contributed by atoms with Crippen molar-refractivity contribution in [2.24, 2.45) is 0 Å². The third-order valence-electron chi connectivity index (χ3n) is 3.07. The van der Waals surface area contributed by atoms with Crippen LogP contribution in [0.4, 0.5) is 11.4 Å². The molecule has 0 saturated heterocycles. The fourth-order valence-electron chi connectivity index (χ4n) is 2.21. The quantitative estimate of drug-likeness (QED) is 0.377. The van der Waals surface area contributed by atoms with Crippen LogP contribution in [-0.4, -0.2) is 11.0 Å². The molecule has 0 spiro atoms. The Morgan fingerprint density at radius 3 is 2.71 bits per heavy atom. The van der Waals surface area contributed by atoms with Crippen LogP contribution < -0.4 is 10.0 Å². The molecule has 1 aliphatic rings. The monoisotopic (exact) mass is 237 g/mol. The number of nitrogens with one attached hydrogen (secondary N) is 1. The van der Waals surface area contributed by atoms with Gasteiger partial charge in [0, 0.05) is 6.04 Å². The van der Waals surface area contributed by atoms with Gasteiger partial charge in [-0.15, -0.1) is 0 Å². The highest BCUT2D eigenvalue weighted by molar-refractivity contribution is 5.58. The van der Waals surface area contributed by atoms with Crippen LogP contribution in [0.25, 0.3) is 0 Å². The molecule has 1 saturated carbocycles. The summed E-state index contributed by atoms with van der Waals surface area (Å²) < 4.78 is 0.582. The van der Waals surface area contributed by atoms with E-state index < -0.39 is 4.92 Å². The molecule has 0 radical (unpaired) electrons. The van der Waals surface area contributed by atoms with Gasteiger partial charge in [0.15, 0.2) is 11.9 Å². The number of hydrogen-bond acceptors (Lipinski definition) is 4. The highest BCUT2D eigenvalue weighted by Crippen LogP contribution is 2.26. The van der Waals surface area contributed by atoms with Gasteiger partial charge in [-0.25, -0.2) is 0 Å². The smallest absolute Gasteiger partial charge is 0.304 e. The van der Waals surface area contributed by atoms with Crippen LogP contribution in [0, 0.1) is 15.3 Å². The summed E-state index contributed by atoms with van der Waals surface area (Å²) in [5.74, 6) is 0. The number of hydrogen-bond donors (Lipinski definition) is 1. The molecule has 6 heteroatoms. The molecule has 1 aliphatic carbocycles. The first-order valence-corrected chi connectivity index (χ1v) is 5.80. The first-order chi connectivity index (χ1) is 8.16. The zero-order valence-electron chi connectivity index (χ0n) is 9.46. The molecule has 2 rings (SSSR count). The van der Waals surface area contributed by atoms with Crippen LogP contribution in [0.1, 0.15) is 32.1 Å². The van der Waals surface area contributed by atoms with Gasteiger partial charge in [0.25, 0.3) is 0 Å². The van der Waals surface area contributed by atoms with Crippen molar-refractivity contribution in [1.29, 1.82) is 0 Å². The molecule has 0 atom stereocenters. The summed E-state index contributed by atoms with van der Waals surface area (Å²) in [4.78, 5) is 10.4. The molecule has 6 nitrogen and oxygen atoms in total. The van der Waals surface area contributed by atoms with Crippen LogP contribution >= 0.6 is 0 Å². The number of nitro groups is 1. The van der Waals surface area contributed by atoms with Gasteiger partial charge in [-0.1, -0.05) is 19.3 Å². The van der Waals surface area contributed by atoms with E-state index in [-0.39, 0.29) is 11.7 Å². The molecule has 1 fully saturated rings. The lowest BCUT2D eigenvalue weighted by molar-refractivity contribution is -0.605. The van der Waals surface area contributed by atoms with E-state index in [1.807, 2.05) is 0 Å². The standard InChI is InChI=1S/C11H15N3O3/c15-13-7-6-11(14(16)17)10(8-13)12-9-4-2-1-3-5-9/h6-9,12H,1-5H2. The lowest BCUT2D eigenvalue weighted by atomic mass is 9.95. The second kappa shape index (κ2) is 4.99. The largest absolute Gasteiger partial charge is 0.619 e. The van der Waals surface area contributed by atoms with E-state index in [1.54, 1.807) is 0 Å². The van der Waals surface area contributed by atoms with Crippen LogP contribution in [0.3, 0.4) is 0 Å². The molecule has 17 heavy (non-hydrogen) atoms. The van der Waals surface area contributed by atoms with Gasteiger partial charge >= 0.3 is 5.69 Å². The minimum atomic E-state index is -0.467. The first-order valence-electron chi connectivity index (χ1n) is 5.80. The van der Waals surface area contributed by atoms with E-state index in [4.69, 9.17) is 0 Å². The van der Waals surface area contributed by atoms with Gasteiger partial charge in [0.2, 0.25) is 6.20 Å². The topological polar surface area (TPSA) is 82.1 Å². The molecule has 1 N–H and O–H groups in total. The maximum atomic E-state index is 11.2. The molecule has 1 heterocycles. The maximum absolute atomic E-state index is 11.2. The van der Waals surface area contributed by atoms with Crippen molar-refractivity contribution in [3.05, 3.63) is 33.8 Å². The second-order valence-electron chi connectivity index (χ2n) is 4.34. The molecular formula is C11H15N3O3. The normalized spacial score (nSPS) is 16.7. The zero-order chi connectivity index (χ0) is 12.3. The Labute approximate surface area is 99.0 Å². The van der Waals surface area contributed by atoms with Crippen LogP contribution in [-0.2, 0) is 0 Å². The zero-order valence-corrected chi connectivity index (χ0v) is 9.46. The van der Waals surface area contributed by atoms with Gasteiger partial charge in [-0.05, 0) is 12.8 Å². The lowest BCUT2D eigenvalue weighted by Crippen LogP contribution is -2.28. The highest BCUT2D eigenvalue weighted by Gasteiger charge is 2.21. The lowest BCUT2D eigenvalue weighted by Gasteiger charge is -2.23. The summed E-state index contributed by atoms with van der Waals surface area (Å²) in [5, 5.41) is 25.1. The number of rotatable bonds is 3. The fraction of sp³-hybridized carbons (Fsp3) is 0.545. The minimum absolute atomic E-state index is 0.0392. The summed E-state index contributed by atoms with van der Waals surface area (Å²) in [6.45, 7) is 0. The van der Waals surface area contributed by atoms with E-state index in [0.29, 0.717) is 10.4 Å². The Morgan fingerprint density at radius 2 is 2.06 bits per heavy atom. The molecule has 1 aromatic rings. The van der Waals surface area contributed by atoms with E-state index in [2.05, 4.69) is 5.32 Å². The molecule has 0 aromatic carbocycles. The number of pyridine rings is 1. The van der Waals surface area contributed by atoms with Crippen molar-refractivity contribution < 1.29 is 9.65 Å². The van der Waals surface area contributed by atoms with Crippen LogP contribution in [0.5, 0.6) is 0 Å². The Hall–Kier alpha value is -1.85. The number of nitrogens with zero attached hydrogens (tertiary/aromatic N) is 2. The predicted molar refractivity (Wildman–Crippen MR) is 62.6 cm³/mol.